The van der Waals surface area contributed by atoms with Crippen molar-refractivity contribution in [2.24, 2.45) is 5.92 Å². The number of aromatic nitrogens is 4. The van der Waals surface area contributed by atoms with Crippen LogP contribution in [0.2, 0.25) is 0 Å². The first kappa shape index (κ1) is 15.7. The number of carbonyl (C=O) groups is 1. The summed E-state index contributed by atoms with van der Waals surface area (Å²) in [5, 5.41) is 0. The largest absolute Gasteiger partial charge is 0.449 e. The molecule has 3 heterocycles. The van der Waals surface area contributed by atoms with E-state index in [4.69, 9.17) is 4.74 Å². The van der Waals surface area contributed by atoms with Gasteiger partial charge in [0, 0.05) is 30.2 Å². The van der Waals surface area contributed by atoms with Gasteiger partial charge in [-0.15, -0.1) is 0 Å². The smallest absolute Gasteiger partial charge is 0.359 e. The van der Waals surface area contributed by atoms with E-state index in [1.807, 2.05) is 29.5 Å². The lowest BCUT2D eigenvalue weighted by Crippen LogP contribution is -2.20. The molecule has 1 fully saturated rings. The second-order valence-corrected chi connectivity index (χ2v) is 6.50. The van der Waals surface area contributed by atoms with Crippen LogP contribution in [0.15, 0.2) is 42.9 Å². The minimum absolute atomic E-state index is 0.269. The summed E-state index contributed by atoms with van der Waals surface area (Å²) in [6, 6.07) is 7.54. The van der Waals surface area contributed by atoms with E-state index in [0.29, 0.717) is 11.5 Å². The third-order valence-corrected chi connectivity index (χ3v) is 4.81. The molecule has 6 heteroatoms. The number of rotatable bonds is 4. The Kier molecular flexibility index (Phi) is 4.17. The van der Waals surface area contributed by atoms with Crippen molar-refractivity contribution in [3.8, 4) is 0 Å². The molecular formula is C19H20N4O2. The Bertz CT molecular complexity index is 885. The number of ether oxygens (including phenoxy) is 1. The molecule has 0 aromatic carbocycles. The number of carbonyl (C=O) groups excluding carboxylic acids is 1. The van der Waals surface area contributed by atoms with E-state index in [9.17, 15) is 4.79 Å². The first-order chi connectivity index (χ1) is 12.2. The van der Waals surface area contributed by atoms with Gasteiger partial charge in [-0.3, -0.25) is 0 Å². The van der Waals surface area contributed by atoms with Gasteiger partial charge in [-0.1, -0.05) is 18.9 Å². The van der Waals surface area contributed by atoms with Crippen molar-refractivity contribution >= 4 is 11.6 Å². The number of hydrogen-bond donors (Lipinski definition) is 0. The fourth-order valence-corrected chi connectivity index (χ4v) is 3.50. The van der Waals surface area contributed by atoms with Crippen LogP contribution in [0, 0.1) is 12.8 Å². The Balaban J connectivity index is 1.62. The maximum atomic E-state index is 12.7. The van der Waals surface area contributed by atoms with Gasteiger partial charge in [0.25, 0.3) is 0 Å². The third kappa shape index (κ3) is 3.12. The highest BCUT2D eigenvalue weighted by atomic mass is 16.5. The second-order valence-electron chi connectivity index (χ2n) is 6.50. The zero-order chi connectivity index (χ0) is 17.2. The number of pyridine rings is 1. The highest BCUT2D eigenvalue weighted by Crippen LogP contribution is 2.37. The van der Waals surface area contributed by atoms with Crippen molar-refractivity contribution in [3.63, 3.8) is 0 Å². The highest BCUT2D eigenvalue weighted by molar-refractivity contribution is 5.88. The Hall–Kier alpha value is -2.76. The lowest BCUT2D eigenvalue weighted by molar-refractivity contribution is 0.0103. The molecule has 0 aliphatic heterocycles. The van der Waals surface area contributed by atoms with Crippen LogP contribution in [0.1, 0.15) is 53.8 Å². The predicted molar refractivity (Wildman–Crippen MR) is 92.1 cm³/mol. The lowest BCUT2D eigenvalue weighted by atomic mass is 10.00. The molecule has 1 aliphatic carbocycles. The maximum Gasteiger partial charge on any atom is 0.359 e. The zero-order valence-electron chi connectivity index (χ0n) is 14.1. The Morgan fingerprint density at radius 1 is 1.20 bits per heavy atom. The van der Waals surface area contributed by atoms with Crippen molar-refractivity contribution in [3.05, 3.63) is 60.1 Å². The summed E-state index contributed by atoms with van der Waals surface area (Å²) in [7, 11) is 0. The van der Waals surface area contributed by atoms with Crippen LogP contribution in [0.3, 0.4) is 0 Å². The van der Waals surface area contributed by atoms with E-state index in [1.54, 1.807) is 24.7 Å². The highest BCUT2D eigenvalue weighted by Gasteiger charge is 2.32. The summed E-state index contributed by atoms with van der Waals surface area (Å²) in [6.07, 6.45) is 9.05. The van der Waals surface area contributed by atoms with Crippen LogP contribution in [0.4, 0.5) is 0 Å². The zero-order valence-corrected chi connectivity index (χ0v) is 14.1. The van der Waals surface area contributed by atoms with Crippen LogP contribution in [0.5, 0.6) is 0 Å². The monoisotopic (exact) mass is 336 g/mol. The van der Waals surface area contributed by atoms with Crippen molar-refractivity contribution in [1.82, 2.24) is 19.4 Å². The molecule has 0 bridgehead atoms. The number of aryl methyl sites for hydroxylation is 1. The van der Waals surface area contributed by atoms with Crippen molar-refractivity contribution in [2.75, 3.05) is 0 Å². The molecule has 0 spiro atoms. The molecule has 4 rings (SSSR count). The second kappa shape index (κ2) is 6.63. The van der Waals surface area contributed by atoms with Gasteiger partial charge in [0.2, 0.25) is 0 Å². The lowest BCUT2D eigenvalue weighted by Gasteiger charge is -2.21. The molecule has 0 amide bonds. The molecule has 1 atom stereocenters. The quantitative estimate of drug-likeness (QED) is 0.682. The fraction of sp³-hybridized carbons (Fsp3) is 0.368. The van der Waals surface area contributed by atoms with Crippen LogP contribution in [-0.4, -0.2) is 25.3 Å². The minimum atomic E-state index is -0.424. The van der Waals surface area contributed by atoms with E-state index in [-0.39, 0.29) is 5.92 Å². The number of nitrogens with zero attached hydrogens (tertiary/aromatic N) is 4. The molecule has 0 N–H and O–H groups in total. The topological polar surface area (TPSA) is 69.4 Å². The van der Waals surface area contributed by atoms with Gasteiger partial charge in [-0.25, -0.2) is 19.7 Å². The molecule has 1 unspecified atom stereocenters. The van der Waals surface area contributed by atoms with Crippen molar-refractivity contribution in [2.45, 2.75) is 38.7 Å². The molecule has 1 aliphatic rings. The number of esters is 1. The summed E-state index contributed by atoms with van der Waals surface area (Å²) in [4.78, 5) is 25.7. The first-order valence-corrected chi connectivity index (χ1v) is 8.65. The normalized spacial score (nSPS) is 16.2. The average Bonchev–Trinajstić information content (AvgIpc) is 3.30. The summed E-state index contributed by atoms with van der Waals surface area (Å²) < 4.78 is 7.73. The number of imidazole rings is 1. The van der Waals surface area contributed by atoms with Crippen LogP contribution >= 0.6 is 0 Å². The SMILES string of the molecule is Cc1cccc2nc(C(=O)OC(c3ncccn3)C3CCCC3)cn12. The number of hydrogen-bond acceptors (Lipinski definition) is 5. The van der Waals surface area contributed by atoms with E-state index >= 15 is 0 Å². The van der Waals surface area contributed by atoms with Gasteiger partial charge in [-0.05, 0) is 38.0 Å². The van der Waals surface area contributed by atoms with Gasteiger partial charge in [0.15, 0.2) is 17.6 Å². The third-order valence-electron chi connectivity index (χ3n) is 4.81. The van der Waals surface area contributed by atoms with Gasteiger partial charge in [0.1, 0.15) is 5.65 Å². The molecule has 3 aromatic heterocycles. The summed E-state index contributed by atoms with van der Waals surface area (Å²) in [5.41, 5.74) is 2.07. The Morgan fingerprint density at radius 3 is 2.68 bits per heavy atom. The molecule has 128 valence electrons. The standard InChI is InChI=1S/C19H20N4O2/c1-13-6-4-9-16-22-15(12-23(13)16)19(24)25-17(14-7-2-3-8-14)18-20-10-5-11-21-18/h4-6,9-12,14,17H,2-3,7-8H2,1H3. The molecule has 3 aromatic rings. The van der Waals surface area contributed by atoms with E-state index in [1.165, 1.54) is 0 Å². The summed E-state index contributed by atoms with van der Waals surface area (Å²) in [5.74, 6) is 0.417. The maximum absolute atomic E-state index is 12.7. The molecule has 0 radical (unpaired) electrons. The van der Waals surface area contributed by atoms with Gasteiger partial charge >= 0.3 is 5.97 Å². The van der Waals surface area contributed by atoms with Crippen LogP contribution in [-0.2, 0) is 4.74 Å². The van der Waals surface area contributed by atoms with Crippen molar-refractivity contribution < 1.29 is 9.53 Å². The predicted octanol–water partition coefficient (Wildman–Crippen LogP) is 3.52. The molecular weight excluding hydrogens is 316 g/mol. The van der Waals surface area contributed by atoms with Gasteiger partial charge < -0.3 is 9.14 Å². The Morgan fingerprint density at radius 2 is 1.96 bits per heavy atom. The fourth-order valence-electron chi connectivity index (χ4n) is 3.50. The average molecular weight is 336 g/mol. The van der Waals surface area contributed by atoms with Crippen LogP contribution in [0.25, 0.3) is 5.65 Å². The molecule has 25 heavy (non-hydrogen) atoms. The summed E-state index contributed by atoms with van der Waals surface area (Å²) >= 11 is 0. The van der Waals surface area contributed by atoms with E-state index < -0.39 is 12.1 Å². The molecule has 1 saturated carbocycles. The first-order valence-electron chi connectivity index (χ1n) is 8.65. The van der Waals surface area contributed by atoms with Gasteiger partial charge in [-0.2, -0.15) is 0 Å². The molecule has 0 saturated heterocycles. The number of fused-ring (bicyclic) bond motifs is 1. The molecule has 6 nitrogen and oxygen atoms in total. The van der Waals surface area contributed by atoms with Crippen molar-refractivity contribution in [1.29, 1.82) is 0 Å². The van der Waals surface area contributed by atoms with Gasteiger partial charge in [0.05, 0.1) is 0 Å². The van der Waals surface area contributed by atoms with E-state index in [0.717, 1.165) is 37.0 Å². The van der Waals surface area contributed by atoms with Crippen LogP contribution < -0.4 is 0 Å². The van der Waals surface area contributed by atoms with E-state index in [2.05, 4.69) is 15.0 Å². The minimum Gasteiger partial charge on any atom is -0.449 e. The Labute approximate surface area is 145 Å². The summed E-state index contributed by atoms with van der Waals surface area (Å²) in [6.45, 7) is 1.98.